The Morgan fingerprint density at radius 3 is 2.73 bits per heavy atom. The van der Waals surface area contributed by atoms with Gasteiger partial charge in [0.05, 0.1) is 6.07 Å². The Morgan fingerprint density at radius 1 is 1.47 bits per heavy atom. The van der Waals surface area contributed by atoms with E-state index in [2.05, 4.69) is 25.2 Å². The van der Waals surface area contributed by atoms with Crippen LogP contribution in [0, 0.1) is 17.2 Å². The van der Waals surface area contributed by atoms with Crippen molar-refractivity contribution in [1.82, 2.24) is 5.32 Å². The highest BCUT2D eigenvalue weighted by Crippen LogP contribution is 2.17. The zero-order valence-corrected chi connectivity index (χ0v) is 9.75. The van der Waals surface area contributed by atoms with Gasteiger partial charge in [0, 0.05) is 5.02 Å². The number of nitrogens with one attached hydrogen (secondary N) is 1. The maximum Gasteiger partial charge on any atom is 0.121 e. The molecule has 0 saturated heterocycles. The molecule has 0 fully saturated rings. The van der Waals surface area contributed by atoms with Crippen LogP contribution in [0.2, 0.25) is 5.02 Å². The molecule has 15 heavy (non-hydrogen) atoms. The number of halogens is 1. The molecule has 1 unspecified atom stereocenters. The SMILES string of the molecule is CC(C)CNC(C#N)c1cccc(Cl)c1. The van der Waals surface area contributed by atoms with Crippen molar-refractivity contribution in [2.45, 2.75) is 19.9 Å². The van der Waals surface area contributed by atoms with Crippen LogP contribution >= 0.6 is 11.6 Å². The lowest BCUT2D eigenvalue weighted by molar-refractivity contribution is 0.525. The summed E-state index contributed by atoms with van der Waals surface area (Å²) in [6.07, 6.45) is 0. The van der Waals surface area contributed by atoms with Gasteiger partial charge in [-0.05, 0) is 30.2 Å². The standard InChI is InChI=1S/C12H15ClN2/c1-9(2)8-15-12(7-14)10-4-3-5-11(13)6-10/h3-6,9,12,15H,8H2,1-2H3. The normalized spacial score (nSPS) is 12.5. The molecule has 1 rings (SSSR count). The van der Waals surface area contributed by atoms with E-state index in [1.807, 2.05) is 24.3 Å². The Labute approximate surface area is 95.9 Å². The fourth-order valence-corrected chi connectivity index (χ4v) is 1.48. The summed E-state index contributed by atoms with van der Waals surface area (Å²) in [6, 6.07) is 9.36. The van der Waals surface area contributed by atoms with Crippen LogP contribution in [-0.4, -0.2) is 6.54 Å². The Bertz CT molecular complexity index is 355. The van der Waals surface area contributed by atoms with E-state index in [-0.39, 0.29) is 6.04 Å². The molecule has 1 aromatic rings. The second-order valence-electron chi connectivity index (χ2n) is 3.92. The molecule has 0 saturated carbocycles. The zero-order chi connectivity index (χ0) is 11.3. The predicted molar refractivity (Wildman–Crippen MR) is 62.6 cm³/mol. The highest BCUT2D eigenvalue weighted by atomic mass is 35.5. The van der Waals surface area contributed by atoms with Crippen molar-refractivity contribution in [2.75, 3.05) is 6.54 Å². The van der Waals surface area contributed by atoms with Gasteiger partial charge in [-0.2, -0.15) is 5.26 Å². The molecule has 0 spiro atoms. The van der Waals surface area contributed by atoms with Gasteiger partial charge in [-0.15, -0.1) is 0 Å². The topological polar surface area (TPSA) is 35.8 Å². The van der Waals surface area contributed by atoms with Crippen molar-refractivity contribution in [3.63, 3.8) is 0 Å². The van der Waals surface area contributed by atoms with E-state index < -0.39 is 0 Å². The third-order valence-corrected chi connectivity index (χ3v) is 2.28. The van der Waals surface area contributed by atoms with Gasteiger partial charge >= 0.3 is 0 Å². The number of nitrogens with zero attached hydrogens (tertiary/aromatic N) is 1. The first-order chi connectivity index (χ1) is 7.13. The van der Waals surface area contributed by atoms with E-state index in [9.17, 15) is 0 Å². The van der Waals surface area contributed by atoms with Crippen molar-refractivity contribution in [1.29, 1.82) is 5.26 Å². The molecule has 0 radical (unpaired) electrons. The van der Waals surface area contributed by atoms with Crippen molar-refractivity contribution in [2.24, 2.45) is 5.92 Å². The number of hydrogen-bond acceptors (Lipinski definition) is 2. The van der Waals surface area contributed by atoms with Gasteiger partial charge in [-0.1, -0.05) is 37.6 Å². The average Bonchev–Trinajstić information content (AvgIpc) is 2.18. The fourth-order valence-electron chi connectivity index (χ4n) is 1.28. The van der Waals surface area contributed by atoms with Gasteiger partial charge in [-0.3, -0.25) is 5.32 Å². The molecule has 1 aromatic carbocycles. The van der Waals surface area contributed by atoms with Crippen LogP contribution in [0.1, 0.15) is 25.5 Å². The second kappa shape index (κ2) is 5.75. The van der Waals surface area contributed by atoms with Gasteiger partial charge in [0.15, 0.2) is 0 Å². The number of nitriles is 1. The molecule has 0 aliphatic carbocycles. The third-order valence-electron chi connectivity index (χ3n) is 2.04. The highest BCUT2D eigenvalue weighted by Gasteiger charge is 2.10. The van der Waals surface area contributed by atoms with Crippen LogP contribution in [0.25, 0.3) is 0 Å². The number of rotatable bonds is 4. The van der Waals surface area contributed by atoms with Crippen molar-refractivity contribution in [3.05, 3.63) is 34.9 Å². The minimum absolute atomic E-state index is 0.272. The Kier molecular flexibility index (Phi) is 4.61. The summed E-state index contributed by atoms with van der Waals surface area (Å²) >= 11 is 5.87. The molecule has 3 heteroatoms. The summed E-state index contributed by atoms with van der Waals surface area (Å²) in [5, 5.41) is 12.9. The molecular weight excluding hydrogens is 208 g/mol. The summed E-state index contributed by atoms with van der Waals surface area (Å²) in [7, 11) is 0. The van der Waals surface area contributed by atoms with Crippen LogP contribution < -0.4 is 5.32 Å². The summed E-state index contributed by atoms with van der Waals surface area (Å²) in [6.45, 7) is 5.05. The molecular formula is C12H15ClN2. The first kappa shape index (κ1) is 12.0. The molecule has 0 aromatic heterocycles. The molecule has 0 aliphatic heterocycles. The molecule has 0 heterocycles. The van der Waals surface area contributed by atoms with Gasteiger partial charge in [0.1, 0.15) is 6.04 Å². The van der Waals surface area contributed by atoms with Crippen LogP contribution in [0.15, 0.2) is 24.3 Å². The number of hydrogen-bond donors (Lipinski definition) is 1. The highest BCUT2D eigenvalue weighted by molar-refractivity contribution is 6.30. The molecule has 1 N–H and O–H groups in total. The quantitative estimate of drug-likeness (QED) is 0.850. The van der Waals surface area contributed by atoms with Crippen molar-refractivity contribution < 1.29 is 0 Å². The fraction of sp³-hybridized carbons (Fsp3) is 0.417. The monoisotopic (exact) mass is 222 g/mol. The smallest absolute Gasteiger partial charge is 0.121 e. The molecule has 0 bridgehead atoms. The average molecular weight is 223 g/mol. The van der Waals surface area contributed by atoms with Crippen LogP contribution in [0.4, 0.5) is 0 Å². The largest absolute Gasteiger partial charge is 0.298 e. The van der Waals surface area contributed by atoms with E-state index in [0.29, 0.717) is 10.9 Å². The molecule has 2 nitrogen and oxygen atoms in total. The Balaban J connectivity index is 2.71. The first-order valence-electron chi connectivity index (χ1n) is 5.02. The maximum atomic E-state index is 9.03. The summed E-state index contributed by atoms with van der Waals surface area (Å²) in [5.74, 6) is 0.528. The van der Waals surface area contributed by atoms with Gasteiger partial charge in [0.2, 0.25) is 0 Å². The maximum absolute atomic E-state index is 9.03. The zero-order valence-electron chi connectivity index (χ0n) is 9.00. The van der Waals surface area contributed by atoms with Gasteiger partial charge in [-0.25, -0.2) is 0 Å². The minimum Gasteiger partial charge on any atom is -0.298 e. The van der Waals surface area contributed by atoms with E-state index in [1.54, 1.807) is 0 Å². The lowest BCUT2D eigenvalue weighted by Gasteiger charge is -2.13. The predicted octanol–water partition coefficient (Wildman–Crippen LogP) is 3.15. The lowest BCUT2D eigenvalue weighted by atomic mass is 10.1. The van der Waals surface area contributed by atoms with E-state index in [1.165, 1.54) is 0 Å². The summed E-state index contributed by atoms with van der Waals surface area (Å²) in [5.41, 5.74) is 0.922. The van der Waals surface area contributed by atoms with Gasteiger partial charge in [0.25, 0.3) is 0 Å². The summed E-state index contributed by atoms with van der Waals surface area (Å²) in [4.78, 5) is 0. The third kappa shape index (κ3) is 3.91. The van der Waals surface area contributed by atoms with E-state index in [0.717, 1.165) is 12.1 Å². The molecule has 80 valence electrons. The Morgan fingerprint density at radius 2 is 2.20 bits per heavy atom. The molecule has 0 amide bonds. The second-order valence-corrected chi connectivity index (χ2v) is 4.36. The van der Waals surface area contributed by atoms with Gasteiger partial charge < -0.3 is 0 Å². The van der Waals surface area contributed by atoms with Crippen molar-refractivity contribution in [3.8, 4) is 6.07 Å². The Hall–Kier alpha value is -1.04. The lowest BCUT2D eigenvalue weighted by Crippen LogP contribution is -2.24. The van der Waals surface area contributed by atoms with Crippen molar-refractivity contribution >= 4 is 11.6 Å². The minimum atomic E-state index is -0.272. The molecule has 0 aliphatic rings. The number of benzene rings is 1. The van der Waals surface area contributed by atoms with Crippen LogP contribution in [-0.2, 0) is 0 Å². The van der Waals surface area contributed by atoms with Crippen LogP contribution in [0.5, 0.6) is 0 Å². The first-order valence-corrected chi connectivity index (χ1v) is 5.39. The summed E-state index contributed by atoms with van der Waals surface area (Å²) < 4.78 is 0. The van der Waals surface area contributed by atoms with Crippen LogP contribution in [0.3, 0.4) is 0 Å². The van der Waals surface area contributed by atoms with E-state index in [4.69, 9.17) is 16.9 Å². The van der Waals surface area contributed by atoms with E-state index >= 15 is 0 Å². The molecule has 1 atom stereocenters.